The first-order valence-electron chi connectivity index (χ1n) is 6.36. The minimum Gasteiger partial charge on any atom is -0.324 e. The molecule has 0 spiro atoms. The van der Waals surface area contributed by atoms with Crippen molar-refractivity contribution in [2.45, 2.75) is 37.6 Å². The third kappa shape index (κ3) is 1.92. The van der Waals surface area contributed by atoms with E-state index in [1.807, 2.05) is 0 Å². The molecule has 2 aliphatic rings. The molecule has 2 N–H and O–H groups in total. The maximum atomic E-state index is 6.00. The molecular weight excluding hydrogens is 194 g/mol. The minimum absolute atomic E-state index is 0.320. The highest BCUT2D eigenvalue weighted by molar-refractivity contribution is 5.32. The molecule has 1 aromatic carbocycles. The summed E-state index contributed by atoms with van der Waals surface area (Å²) < 4.78 is 0. The molecule has 0 radical (unpaired) electrons. The van der Waals surface area contributed by atoms with Crippen LogP contribution in [0.15, 0.2) is 42.0 Å². The summed E-state index contributed by atoms with van der Waals surface area (Å²) in [4.78, 5) is 0. The Morgan fingerprint density at radius 1 is 1.06 bits per heavy atom. The van der Waals surface area contributed by atoms with Gasteiger partial charge in [0, 0.05) is 6.04 Å². The van der Waals surface area contributed by atoms with Gasteiger partial charge in [-0.2, -0.15) is 0 Å². The van der Waals surface area contributed by atoms with E-state index in [-0.39, 0.29) is 0 Å². The predicted octanol–water partition coefficient (Wildman–Crippen LogP) is 3.23. The van der Waals surface area contributed by atoms with Crippen LogP contribution < -0.4 is 5.73 Å². The van der Waals surface area contributed by atoms with Crippen molar-refractivity contribution in [2.24, 2.45) is 11.7 Å². The van der Waals surface area contributed by atoms with Gasteiger partial charge in [0.2, 0.25) is 0 Å². The SMILES string of the molecule is NC1C=C(C2CC2c2ccccc2)CCC1. The van der Waals surface area contributed by atoms with Crippen molar-refractivity contribution < 1.29 is 0 Å². The summed E-state index contributed by atoms with van der Waals surface area (Å²) in [5.74, 6) is 1.58. The van der Waals surface area contributed by atoms with Gasteiger partial charge in [-0.1, -0.05) is 42.0 Å². The van der Waals surface area contributed by atoms with Crippen molar-refractivity contribution in [3.63, 3.8) is 0 Å². The van der Waals surface area contributed by atoms with E-state index in [1.54, 1.807) is 5.57 Å². The molecule has 0 amide bonds. The molecule has 1 nitrogen and oxygen atoms in total. The standard InChI is InChI=1S/C15H19N/c16-13-8-4-7-12(9-13)15-10-14(15)11-5-2-1-3-6-11/h1-3,5-6,9,13-15H,4,7-8,10,16H2. The quantitative estimate of drug-likeness (QED) is 0.750. The van der Waals surface area contributed by atoms with Crippen LogP contribution in [-0.4, -0.2) is 6.04 Å². The number of rotatable bonds is 2. The van der Waals surface area contributed by atoms with Crippen molar-refractivity contribution in [1.82, 2.24) is 0 Å². The van der Waals surface area contributed by atoms with Gasteiger partial charge >= 0.3 is 0 Å². The summed E-state index contributed by atoms with van der Waals surface area (Å²) >= 11 is 0. The van der Waals surface area contributed by atoms with Crippen LogP contribution in [0.3, 0.4) is 0 Å². The van der Waals surface area contributed by atoms with Crippen LogP contribution in [0, 0.1) is 5.92 Å². The van der Waals surface area contributed by atoms with Gasteiger partial charge in [-0.3, -0.25) is 0 Å². The number of allylic oxidation sites excluding steroid dienone is 1. The largest absolute Gasteiger partial charge is 0.324 e. The fraction of sp³-hybridized carbons (Fsp3) is 0.467. The molecule has 1 aromatic rings. The summed E-state index contributed by atoms with van der Waals surface area (Å²) in [5.41, 5.74) is 9.14. The van der Waals surface area contributed by atoms with Gasteiger partial charge < -0.3 is 5.73 Å². The van der Waals surface area contributed by atoms with Crippen LogP contribution in [0.25, 0.3) is 0 Å². The van der Waals surface area contributed by atoms with E-state index in [0.29, 0.717) is 6.04 Å². The van der Waals surface area contributed by atoms with E-state index in [4.69, 9.17) is 5.73 Å². The Bertz CT molecular complexity index is 393. The first-order valence-corrected chi connectivity index (χ1v) is 6.36. The van der Waals surface area contributed by atoms with E-state index < -0.39 is 0 Å². The predicted molar refractivity (Wildman–Crippen MR) is 67.2 cm³/mol. The number of benzene rings is 1. The highest BCUT2D eigenvalue weighted by atomic mass is 14.6. The van der Waals surface area contributed by atoms with Crippen LogP contribution in [0.2, 0.25) is 0 Å². The molecule has 16 heavy (non-hydrogen) atoms. The van der Waals surface area contributed by atoms with Crippen molar-refractivity contribution in [3.8, 4) is 0 Å². The van der Waals surface area contributed by atoms with Crippen LogP contribution in [0.4, 0.5) is 0 Å². The van der Waals surface area contributed by atoms with E-state index in [0.717, 1.165) is 11.8 Å². The zero-order valence-electron chi connectivity index (χ0n) is 9.60. The van der Waals surface area contributed by atoms with Gasteiger partial charge in [0.15, 0.2) is 0 Å². The van der Waals surface area contributed by atoms with Crippen molar-refractivity contribution in [3.05, 3.63) is 47.5 Å². The molecule has 1 heteroatoms. The Labute approximate surface area is 97.4 Å². The highest BCUT2D eigenvalue weighted by Gasteiger charge is 2.40. The third-order valence-corrected chi connectivity index (χ3v) is 3.93. The second kappa shape index (κ2) is 4.06. The summed E-state index contributed by atoms with van der Waals surface area (Å²) in [5, 5.41) is 0. The van der Waals surface area contributed by atoms with Crippen LogP contribution in [0.5, 0.6) is 0 Å². The second-order valence-electron chi connectivity index (χ2n) is 5.16. The maximum Gasteiger partial charge on any atom is 0.0226 e. The van der Waals surface area contributed by atoms with E-state index in [9.17, 15) is 0 Å². The van der Waals surface area contributed by atoms with Crippen molar-refractivity contribution in [2.75, 3.05) is 0 Å². The summed E-state index contributed by atoms with van der Waals surface area (Å²) in [6.45, 7) is 0. The topological polar surface area (TPSA) is 26.0 Å². The lowest BCUT2D eigenvalue weighted by atomic mass is 9.92. The Balaban J connectivity index is 1.72. The van der Waals surface area contributed by atoms with Crippen LogP contribution in [0.1, 0.15) is 37.2 Å². The molecular formula is C15H19N. The molecule has 0 heterocycles. The summed E-state index contributed by atoms with van der Waals surface area (Å²) in [7, 11) is 0. The van der Waals surface area contributed by atoms with Crippen LogP contribution in [-0.2, 0) is 0 Å². The molecule has 3 atom stereocenters. The molecule has 1 saturated carbocycles. The summed E-state index contributed by atoms with van der Waals surface area (Å²) in [6, 6.07) is 11.2. The van der Waals surface area contributed by atoms with E-state index in [2.05, 4.69) is 36.4 Å². The Morgan fingerprint density at radius 3 is 2.62 bits per heavy atom. The van der Waals surface area contributed by atoms with Gasteiger partial charge in [-0.15, -0.1) is 0 Å². The third-order valence-electron chi connectivity index (χ3n) is 3.93. The Morgan fingerprint density at radius 2 is 1.88 bits per heavy atom. The Hall–Kier alpha value is -1.08. The maximum absolute atomic E-state index is 6.00. The first kappa shape index (κ1) is 10.1. The van der Waals surface area contributed by atoms with Gasteiger partial charge in [-0.05, 0) is 43.1 Å². The molecule has 3 rings (SSSR count). The lowest BCUT2D eigenvalue weighted by molar-refractivity contribution is 0.602. The van der Waals surface area contributed by atoms with E-state index >= 15 is 0 Å². The fourth-order valence-electron chi connectivity index (χ4n) is 2.97. The molecule has 3 unspecified atom stereocenters. The molecule has 0 saturated heterocycles. The highest BCUT2D eigenvalue weighted by Crippen LogP contribution is 2.53. The molecule has 0 aromatic heterocycles. The smallest absolute Gasteiger partial charge is 0.0226 e. The number of hydrogen-bond donors (Lipinski definition) is 1. The first-order chi connectivity index (χ1) is 7.84. The lowest BCUT2D eigenvalue weighted by Crippen LogP contribution is -2.20. The van der Waals surface area contributed by atoms with Gasteiger partial charge in [-0.25, -0.2) is 0 Å². The molecule has 0 bridgehead atoms. The van der Waals surface area contributed by atoms with Crippen LogP contribution >= 0.6 is 0 Å². The zero-order valence-corrected chi connectivity index (χ0v) is 9.60. The molecule has 84 valence electrons. The monoisotopic (exact) mass is 213 g/mol. The zero-order chi connectivity index (χ0) is 11.0. The lowest BCUT2D eigenvalue weighted by Gasteiger charge is -2.17. The minimum atomic E-state index is 0.320. The summed E-state index contributed by atoms with van der Waals surface area (Å²) in [6.07, 6.45) is 7.40. The van der Waals surface area contributed by atoms with Gasteiger partial charge in [0.1, 0.15) is 0 Å². The molecule has 1 fully saturated rings. The number of nitrogens with two attached hydrogens (primary N) is 1. The fourth-order valence-corrected chi connectivity index (χ4v) is 2.97. The molecule has 0 aliphatic heterocycles. The average molecular weight is 213 g/mol. The van der Waals surface area contributed by atoms with Gasteiger partial charge in [0.05, 0.1) is 0 Å². The second-order valence-corrected chi connectivity index (χ2v) is 5.16. The molecule has 2 aliphatic carbocycles. The normalized spacial score (nSPS) is 33.3. The average Bonchev–Trinajstić information content (AvgIpc) is 3.10. The number of hydrogen-bond acceptors (Lipinski definition) is 1. The Kier molecular flexibility index (Phi) is 2.56. The van der Waals surface area contributed by atoms with Crippen molar-refractivity contribution >= 4 is 0 Å². The van der Waals surface area contributed by atoms with E-state index in [1.165, 1.54) is 31.2 Å². The van der Waals surface area contributed by atoms with Crippen molar-refractivity contribution in [1.29, 1.82) is 0 Å². The van der Waals surface area contributed by atoms with Gasteiger partial charge in [0.25, 0.3) is 0 Å².